The molecule has 2 heterocycles. The zero-order valence-corrected chi connectivity index (χ0v) is 12.4. The molecule has 2 rings (SSSR count). The van der Waals surface area contributed by atoms with Gasteiger partial charge in [0.05, 0.1) is 19.0 Å². The van der Waals surface area contributed by atoms with E-state index in [0.717, 1.165) is 0 Å². The third kappa shape index (κ3) is 4.12. The van der Waals surface area contributed by atoms with Crippen molar-refractivity contribution in [3.63, 3.8) is 0 Å². The SMILES string of the molecule is CN(C[C@@H]1C[C@H](F)CN1c1ccncn1)C(=O)CCC(=O)O. The summed E-state index contributed by atoms with van der Waals surface area (Å²) in [5.41, 5.74) is 0. The number of anilines is 1. The van der Waals surface area contributed by atoms with Crippen molar-refractivity contribution in [3.8, 4) is 0 Å². The van der Waals surface area contributed by atoms with Crippen LogP contribution in [0.1, 0.15) is 19.3 Å². The monoisotopic (exact) mass is 310 g/mol. The first-order chi connectivity index (χ1) is 10.5. The third-order valence-corrected chi connectivity index (χ3v) is 3.69. The molecule has 0 bridgehead atoms. The van der Waals surface area contributed by atoms with Gasteiger partial charge in [-0.05, 0) is 6.07 Å². The van der Waals surface area contributed by atoms with Gasteiger partial charge in [-0.3, -0.25) is 9.59 Å². The van der Waals surface area contributed by atoms with Crippen LogP contribution in [0.25, 0.3) is 0 Å². The zero-order chi connectivity index (χ0) is 16.1. The molecule has 1 fully saturated rings. The lowest BCUT2D eigenvalue weighted by Crippen LogP contribution is -2.41. The highest BCUT2D eigenvalue weighted by Crippen LogP contribution is 2.25. The average Bonchev–Trinajstić information content (AvgIpc) is 2.86. The van der Waals surface area contributed by atoms with Crippen LogP contribution in [-0.4, -0.2) is 64.2 Å². The first-order valence-electron chi connectivity index (χ1n) is 7.10. The van der Waals surface area contributed by atoms with Gasteiger partial charge in [0, 0.05) is 32.6 Å². The number of aliphatic carboxylic acids is 1. The van der Waals surface area contributed by atoms with Crippen molar-refractivity contribution in [2.24, 2.45) is 0 Å². The summed E-state index contributed by atoms with van der Waals surface area (Å²) in [6, 6.07) is 1.53. The first-order valence-corrected chi connectivity index (χ1v) is 7.10. The maximum absolute atomic E-state index is 13.7. The molecule has 2 atom stereocenters. The lowest BCUT2D eigenvalue weighted by atomic mass is 10.2. The quantitative estimate of drug-likeness (QED) is 0.833. The van der Waals surface area contributed by atoms with E-state index in [1.54, 1.807) is 19.3 Å². The zero-order valence-electron chi connectivity index (χ0n) is 12.4. The molecule has 0 spiro atoms. The summed E-state index contributed by atoms with van der Waals surface area (Å²) in [5.74, 6) is -0.632. The Morgan fingerprint density at radius 1 is 1.50 bits per heavy atom. The molecule has 1 aliphatic rings. The lowest BCUT2D eigenvalue weighted by Gasteiger charge is -2.29. The fraction of sp³-hybridized carbons (Fsp3) is 0.571. The number of hydrogen-bond acceptors (Lipinski definition) is 5. The second kappa shape index (κ2) is 7.15. The molecule has 1 saturated heterocycles. The number of halogens is 1. The summed E-state index contributed by atoms with van der Waals surface area (Å²) in [7, 11) is 1.61. The van der Waals surface area contributed by atoms with E-state index in [4.69, 9.17) is 5.11 Å². The molecule has 0 aromatic carbocycles. The number of likely N-dealkylation sites (N-methyl/N-ethyl adjacent to an activating group) is 1. The van der Waals surface area contributed by atoms with Crippen LogP contribution in [0.3, 0.4) is 0 Å². The van der Waals surface area contributed by atoms with E-state index in [2.05, 4.69) is 9.97 Å². The molecule has 1 aromatic rings. The van der Waals surface area contributed by atoms with E-state index in [-0.39, 0.29) is 31.3 Å². The van der Waals surface area contributed by atoms with E-state index >= 15 is 0 Å². The maximum atomic E-state index is 13.7. The summed E-state index contributed by atoms with van der Waals surface area (Å²) in [4.78, 5) is 33.6. The Bertz CT molecular complexity index is 528. The van der Waals surface area contributed by atoms with Gasteiger partial charge in [-0.15, -0.1) is 0 Å². The number of nitrogens with zero attached hydrogens (tertiary/aromatic N) is 4. The highest BCUT2D eigenvalue weighted by atomic mass is 19.1. The van der Waals surface area contributed by atoms with E-state index < -0.39 is 12.1 Å². The molecule has 0 saturated carbocycles. The Balaban J connectivity index is 1.97. The summed E-state index contributed by atoms with van der Waals surface area (Å²) in [5, 5.41) is 8.61. The summed E-state index contributed by atoms with van der Waals surface area (Å²) in [6.07, 6.45) is 2.09. The highest BCUT2D eigenvalue weighted by molar-refractivity contribution is 5.80. The number of carboxylic acids is 1. The minimum absolute atomic E-state index is 0.0505. The molecule has 22 heavy (non-hydrogen) atoms. The lowest BCUT2D eigenvalue weighted by molar-refractivity contribution is -0.140. The van der Waals surface area contributed by atoms with Crippen LogP contribution >= 0.6 is 0 Å². The van der Waals surface area contributed by atoms with Gasteiger partial charge in [0.2, 0.25) is 5.91 Å². The van der Waals surface area contributed by atoms with Crippen molar-refractivity contribution in [3.05, 3.63) is 18.6 Å². The van der Waals surface area contributed by atoms with Crippen LogP contribution in [0.5, 0.6) is 0 Å². The standard InChI is InChI=1S/C14H19FN4O3/c1-18(13(20)2-3-14(21)22)8-11-6-10(15)7-19(11)12-4-5-16-9-17-12/h4-5,9-11H,2-3,6-8H2,1H3,(H,21,22)/t10-,11-/m0/s1. The van der Waals surface area contributed by atoms with E-state index in [1.165, 1.54) is 11.2 Å². The predicted molar refractivity (Wildman–Crippen MR) is 77.2 cm³/mol. The van der Waals surface area contributed by atoms with Gasteiger partial charge in [-0.25, -0.2) is 14.4 Å². The molecular formula is C14H19FN4O3. The van der Waals surface area contributed by atoms with Crippen molar-refractivity contribution < 1.29 is 19.1 Å². The van der Waals surface area contributed by atoms with Crippen LogP contribution in [0.4, 0.5) is 10.2 Å². The molecule has 1 aromatic heterocycles. The minimum atomic E-state index is -1.01. The second-order valence-electron chi connectivity index (χ2n) is 5.37. The van der Waals surface area contributed by atoms with Crippen molar-refractivity contribution >= 4 is 17.7 Å². The number of carbonyl (C=O) groups is 2. The molecule has 1 aliphatic heterocycles. The molecular weight excluding hydrogens is 291 g/mol. The van der Waals surface area contributed by atoms with Gasteiger partial charge in [-0.1, -0.05) is 0 Å². The Labute approximate surface area is 127 Å². The van der Waals surface area contributed by atoms with Gasteiger partial charge in [-0.2, -0.15) is 0 Å². The normalized spacial score (nSPS) is 20.9. The Hall–Kier alpha value is -2.25. The van der Waals surface area contributed by atoms with Gasteiger partial charge in [0.15, 0.2) is 0 Å². The number of aromatic nitrogens is 2. The van der Waals surface area contributed by atoms with Crippen LogP contribution in [0, 0.1) is 0 Å². The number of alkyl halides is 1. The molecule has 1 N–H and O–H groups in total. The highest BCUT2D eigenvalue weighted by Gasteiger charge is 2.34. The number of carboxylic acid groups (broad SMARTS) is 1. The second-order valence-corrected chi connectivity index (χ2v) is 5.37. The molecule has 7 nitrogen and oxygen atoms in total. The fourth-order valence-electron chi connectivity index (χ4n) is 2.59. The van der Waals surface area contributed by atoms with Crippen molar-refractivity contribution in [1.29, 1.82) is 0 Å². The molecule has 8 heteroatoms. The smallest absolute Gasteiger partial charge is 0.303 e. The molecule has 0 unspecified atom stereocenters. The number of hydrogen-bond donors (Lipinski definition) is 1. The minimum Gasteiger partial charge on any atom is -0.481 e. The van der Waals surface area contributed by atoms with Crippen LogP contribution in [0.2, 0.25) is 0 Å². The average molecular weight is 310 g/mol. The maximum Gasteiger partial charge on any atom is 0.303 e. The number of rotatable bonds is 6. The summed E-state index contributed by atoms with van der Waals surface area (Å²) >= 11 is 0. The molecule has 120 valence electrons. The summed E-state index contributed by atoms with van der Waals surface area (Å²) in [6.45, 7) is 0.571. The van der Waals surface area contributed by atoms with Gasteiger partial charge in [0.1, 0.15) is 18.3 Å². The number of amides is 1. The van der Waals surface area contributed by atoms with Gasteiger partial charge >= 0.3 is 5.97 Å². The first kappa shape index (κ1) is 16.1. The van der Waals surface area contributed by atoms with Crippen LogP contribution < -0.4 is 4.90 Å². The van der Waals surface area contributed by atoms with Crippen LogP contribution in [0.15, 0.2) is 18.6 Å². The van der Waals surface area contributed by atoms with Crippen molar-refractivity contribution in [2.45, 2.75) is 31.5 Å². The molecule has 0 aliphatic carbocycles. The summed E-state index contributed by atoms with van der Waals surface area (Å²) < 4.78 is 13.7. The third-order valence-electron chi connectivity index (χ3n) is 3.69. The topological polar surface area (TPSA) is 86.6 Å². The molecule has 1 amide bonds. The van der Waals surface area contributed by atoms with Crippen molar-refractivity contribution in [2.75, 3.05) is 25.0 Å². The Morgan fingerprint density at radius 3 is 2.91 bits per heavy atom. The Kier molecular flexibility index (Phi) is 5.24. The largest absolute Gasteiger partial charge is 0.481 e. The fourth-order valence-corrected chi connectivity index (χ4v) is 2.59. The predicted octanol–water partition coefficient (Wildman–Crippen LogP) is 0.717. The Morgan fingerprint density at radius 2 is 2.27 bits per heavy atom. The molecule has 0 radical (unpaired) electrons. The van der Waals surface area contributed by atoms with E-state index in [9.17, 15) is 14.0 Å². The van der Waals surface area contributed by atoms with Gasteiger partial charge in [0.25, 0.3) is 0 Å². The number of carbonyl (C=O) groups excluding carboxylic acids is 1. The van der Waals surface area contributed by atoms with Crippen molar-refractivity contribution in [1.82, 2.24) is 14.9 Å². The van der Waals surface area contributed by atoms with Gasteiger partial charge < -0.3 is 14.9 Å². The van der Waals surface area contributed by atoms with E-state index in [0.29, 0.717) is 18.8 Å². The van der Waals surface area contributed by atoms with Crippen LogP contribution in [-0.2, 0) is 9.59 Å². The van der Waals surface area contributed by atoms with E-state index in [1.807, 2.05) is 4.90 Å².